The Morgan fingerprint density at radius 2 is 2.10 bits per heavy atom. The van der Waals surface area contributed by atoms with Crippen molar-refractivity contribution in [3.63, 3.8) is 0 Å². The topological polar surface area (TPSA) is 119 Å². The molecule has 0 spiro atoms. The monoisotopic (exact) mass is 417 g/mol. The zero-order valence-electron chi connectivity index (χ0n) is 15.6. The Balaban J connectivity index is 1.51. The summed E-state index contributed by atoms with van der Waals surface area (Å²) in [5, 5.41) is 2.77. The van der Waals surface area contributed by atoms with E-state index >= 15 is 0 Å². The number of carbonyl (C=O) groups excluding carboxylic acids is 1. The Bertz CT molecular complexity index is 1220. The van der Waals surface area contributed by atoms with Crippen LogP contribution in [0.4, 0.5) is 8.78 Å². The molecule has 3 heterocycles. The Kier molecular flexibility index (Phi) is 5.25. The highest BCUT2D eigenvalue weighted by atomic mass is 19.3. The molecular formula is C19H17F2N5O4. The largest absolute Gasteiger partial charge is 0.488 e. The van der Waals surface area contributed by atoms with Gasteiger partial charge < -0.3 is 10.1 Å². The first-order valence-electron chi connectivity index (χ1n) is 9.21. The van der Waals surface area contributed by atoms with Crippen LogP contribution in [0.3, 0.4) is 0 Å². The molecule has 2 N–H and O–H groups in total. The number of hydrogen-bond acceptors (Lipinski definition) is 6. The van der Waals surface area contributed by atoms with Gasteiger partial charge in [-0.3, -0.25) is 24.1 Å². The van der Waals surface area contributed by atoms with Crippen LogP contribution in [0.25, 0.3) is 11.0 Å². The Morgan fingerprint density at radius 3 is 2.83 bits per heavy atom. The van der Waals surface area contributed by atoms with Gasteiger partial charge in [-0.2, -0.15) is 0 Å². The molecule has 11 heteroatoms. The van der Waals surface area contributed by atoms with Gasteiger partial charge in [0.1, 0.15) is 18.0 Å². The van der Waals surface area contributed by atoms with Crippen LogP contribution in [-0.2, 0) is 6.54 Å². The number of alkyl halides is 2. The number of amides is 1. The zero-order chi connectivity index (χ0) is 21.3. The second-order valence-electron chi connectivity index (χ2n) is 6.82. The molecule has 1 saturated carbocycles. The van der Waals surface area contributed by atoms with E-state index in [0.29, 0.717) is 5.69 Å². The van der Waals surface area contributed by atoms with Gasteiger partial charge >= 0.3 is 5.69 Å². The number of fused-ring (bicyclic) bond motifs is 1. The lowest BCUT2D eigenvalue weighted by molar-refractivity contribution is 0.0818. The van der Waals surface area contributed by atoms with E-state index in [1.54, 1.807) is 0 Å². The first kappa shape index (κ1) is 19.7. The van der Waals surface area contributed by atoms with Crippen molar-refractivity contribution in [2.24, 2.45) is 0 Å². The lowest BCUT2D eigenvalue weighted by atomic mass is 10.2. The van der Waals surface area contributed by atoms with E-state index in [-0.39, 0.29) is 34.9 Å². The molecule has 4 rings (SSSR count). The van der Waals surface area contributed by atoms with E-state index in [1.807, 2.05) is 0 Å². The maximum Gasteiger partial charge on any atom is 0.330 e. The van der Waals surface area contributed by atoms with Crippen LogP contribution in [0.5, 0.6) is 5.75 Å². The zero-order valence-corrected chi connectivity index (χ0v) is 15.6. The molecule has 0 radical (unpaired) electrons. The normalized spacial score (nSPS) is 13.6. The van der Waals surface area contributed by atoms with Gasteiger partial charge in [-0.25, -0.2) is 18.6 Å². The van der Waals surface area contributed by atoms with Gasteiger partial charge in [0.25, 0.3) is 17.9 Å². The number of halogens is 2. The van der Waals surface area contributed by atoms with Crippen LogP contribution in [-0.4, -0.2) is 38.5 Å². The van der Waals surface area contributed by atoms with E-state index in [1.165, 1.54) is 35.2 Å². The number of pyridine rings is 2. The second kappa shape index (κ2) is 8.01. The molecule has 0 aliphatic heterocycles. The fourth-order valence-electron chi connectivity index (χ4n) is 3.01. The van der Waals surface area contributed by atoms with Crippen LogP contribution in [0.2, 0.25) is 0 Å². The van der Waals surface area contributed by atoms with Crippen molar-refractivity contribution in [3.8, 4) is 5.75 Å². The summed E-state index contributed by atoms with van der Waals surface area (Å²) in [4.78, 5) is 47.2. The average Bonchev–Trinajstić information content (AvgIpc) is 3.55. The summed E-state index contributed by atoms with van der Waals surface area (Å²) in [6.07, 6.45) is 1.75. The summed E-state index contributed by atoms with van der Waals surface area (Å²) in [5.74, 6) is -0.292. The molecule has 1 aliphatic rings. The van der Waals surface area contributed by atoms with E-state index in [4.69, 9.17) is 4.74 Å². The van der Waals surface area contributed by atoms with Gasteiger partial charge in [0.15, 0.2) is 0 Å². The highest BCUT2D eigenvalue weighted by molar-refractivity contribution is 5.96. The highest BCUT2D eigenvalue weighted by Gasteiger charge is 2.27. The van der Waals surface area contributed by atoms with E-state index < -0.39 is 30.2 Å². The predicted octanol–water partition coefficient (Wildman–Crippen LogP) is 1.39. The Labute approximate surface area is 167 Å². The SMILES string of the molecule is O=C(NCc1cc(OCC(F)F)ccn1)c1cnc2c(c1)c(=O)[nH]c(=O)n2C1CC1. The molecule has 0 unspecified atom stereocenters. The van der Waals surface area contributed by atoms with Gasteiger partial charge in [-0.15, -0.1) is 0 Å². The number of ether oxygens (including phenoxy) is 1. The minimum atomic E-state index is -2.60. The van der Waals surface area contributed by atoms with Crippen molar-refractivity contribution in [2.75, 3.05) is 6.61 Å². The molecule has 0 saturated heterocycles. The lowest BCUT2D eigenvalue weighted by Crippen LogP contribution is -2.31. The molecule has 9 nitrogen and oxygen atoms in total. The van der Waals surface area contributed by atoms with Crippen molar-refractivity contribution < 1.29 is 18.3 Å². The Morgan fingerprint density at radius 1 is 1.30 bits per heavy atom. The average molecular weight is 417 g/mol. The first-order valence-corrected chi connectivity index (χ1v) is 9.21. The smallest absolute Gasteiger partial charge is 0.330 e. The van der Waals surface area contributed by atoms with Crippen LogP contribution < -0.4 is 21.3 Å². The molecule has 1 amide bonds. The summed E-state index contributed by atoms with van der Waals surface area (Å²) in [6.45, 7) is -0.722. The number of carbonyl (C=O) groups is 1. The summed E-state index contributed by atoms with van der Waals surface area (Å²) >= 11 is 0. The minimum Gasteiger partial charge on any atom is -0.488 e. The van der Waals surface area contributed by atoms with Gasteiger partial charge in [-0.05, 0) is 25.0 Å². The number of aromatic amines is 1. The molecule has 0 aromatic carbocycles. The number of rotatable bonds is 7. The van der Waals surface area contributed by atoms with Crippen molar-refractivity contribution in [1.82, 2.24) is 24.8 Å². The number of aromatic nitrogens is 4. The van der Waals surface area contributed by atoms with E-state index in [2.05, 4.69) is 20.3 Å². The minimum absolute atomic E-state index is 0.00895. The molecule has 0 atom stereocenters. The second-order valence-corrected chi connectivity index (χ2v) is 6.82. The third kappa shape index (κ3) is 4.19. The lowest BCUT2D eigenvalue weighted by Gasteiger charge is -2.10. The molecule has 3 aromatic rings. The molecule has 1 fully saturated rings. The number of hydrogen-bond donors (Lipinski definition) is 2. The molecule has 0 bridgehead atoms. The fourth-order valence-corrected chi connectivity index (χ4v) is 3.01. The van der Waals surface area contributed by atoms with Gasteiger partial charge in [0, 0.05) is 24.5 Å². The summed E-state index contributed by atoms with van der Waals surface area (Å²) in [5.41, 5.74) is -0.337. The quantitative estimate of drug-likeness (QED) is 0.600. The number of nitrogens with zero attached hydrogens (tertiary/aromatic N) is 3. The van der Waals surface area contributed by atoms with Crippen molar-refractivity contribution in [3.05, 3.63) is 62.7 Å². The van der Waals surface area contributed by atoms with Crippen molar-refractivity contribution in [2.45, 2.75) is 31.9 Å². The third-order valence-electron chi connectivity index (χ3n) is 4.55. The van der Waals surface area contributed by atoms with Gasteiger partial charge in [0.2, 0.25) is 0 Å². The molecule has 3 aromatic heterocycles. The maximum absolute atomic E-state index is 12.5. The van der Waals surface area contributed by atoms with Crippen LogP contribution in [0, 0.1) is 0 Å². The van der Waals surface area contributed by atoms with E-state index in [9.17, 15) is 23.2 Å². The van der Waals surface area contributed by atoms with Crippen molar-refractivity contribution >= 4 is 16.9 Å². The highest BCUT2D eigenvalue weighted by Crippen LogP contribution is 2.34. The van der Waals surface area contributed by atoms with Crippen LogP contribution in [0.1, 0.15) is 34.9 Å². The number of H-pyrrole nitrogens is 1. The van der Waals surface area contributed by atoms with Gasteiger partial charge in [0.05, 0.1) is 23.2 Å². The number of nitrogens with one attached hydrogen (secondary N) is 2. The Hall–Kier alpha value is -3.63. The van der Waals surface area contributed by atoms with Crippen LogP contribution >= 0.6 is 0 Å². The summed E-state index contributed by atoms with van der Waals surface area (Å²) < 4.78 is 30.9. The molecule has 1 aliphatic carbocycles. The molecule has 156 valence electrons. The molecular weight excluding hydrogens is 400 g/mol. The molecule has 30 heavy (non-hydrogen) atoms. The predicted molar refractivity (Wildman–Crippen MR) is 102 cm³/mol. The van der Waals surface area contributed by atoms with Crippen LogP contribution in [0.15, 0.2) is 40.2 Å². The van der Waals surface area contributed by atoms with E-state index in [0.717, 1.165) is 12.8 Å². The summed E-state index contributed by atoms with van der Waals surface area (Å²) in [7, 11) is 0. The fraction of sp³-hybridized carbons (Fsp3) is 0.316. The van der Waals surface area contributed by atoms with Gasteiger partial charge in [-0.1, -0.05) is 0 Å². The first-order chi connectivity index (χ1) is 14.4. The summed E-state index contributed by atoms with van der Waals surface area (Å²) in [6, 6.07) is 4.27. The standard InChI is InChI=1S/C19H17F2N5O4/c20-15(21)9-30-13-3-4-22-11(6-13)8-24-17(27)10-5-14-16(23-7-10)26(12-1-2-12)19(29)25-18(14)28/h3-7,12,15H,1-2,8-9H2,(H,24,27)(H,25,28,29). The third-order valence-corrected chi connectivity index (χ3v) is 4.55. The maximum atomic E-state index is 12.5. The van der Waals surface area contributed by atoms with Crippen molar-refractivity contribution in [1.29, 1.82) is 0 Å².